The second kappa shape index (κ2) is 14.5. The van der Waals surface area contributed by atoms with E-state index in [0.29, 0.717) is 38.1 Å². The van der Waals surface area contributed by atoms with E-state index in [1.54, 1.807) is 0 Å². The van der Waals surface area contributed by atoms with Crippen LogP contribution in [-0.2, 0) is 0 Å². The van der Waals surface area contributed by atoms with Gasteiger partial charge in [-0.2, -0.15) is 88.4 Å². The Morgan fingerprint density at radius 2 is 1.17 bits per heavy atom. The Kier molecular flexibility index (Phi) is 16.0. The molecule has 0 fully saturated rings. The molecule has 0 N–H and O–H groups in total. The predicted molar refractivity (Wildman–Crippen MR) is 133 cm³/mol. The molecule has 0 aliphatic carbocycles. The summed E-state index contributed by atoms with van der Waals surface area (Å²) in [6.45, 7) is 4.34. The molecule has 0 radical (unpaired) electrons. The molecule has 0 aromatic rings. The molecule has 0 aliphatic rings. The second-order valence-electron chi connectivity index (χ2n) is 6.51. The summed E-state index contributed by atoms with van der Waals surface area (Å²) < 4.78 is 0. The van der Waals surface area contributed by atoms with Crippen LogP contribution in [0.5, 0.6) is 0 Å². The third kappa shape index (κ3) is 11.7. The average Bonchev–Trinajstić information content (AvgIpc) is 2.44. The van der Waals surface area contributed by atoms with Gasteiger partial charge in [0.2, 0.25) is 0 Å². The lowest BCUT2D eigenvalue weighted by Crippen LogP contribution is -2.29. The zero-order valence-electron chi connectivity index (χ0n) is 14.1. The highest BCUT2D eigenvalue weighted by Gasteiger charge is 2.27. The SMILES string of the molecule is CC(S)C(CC(S)CCS)CC(S)CC(C(C)S)C(S)CCS. The topological polar surface area (TPSA) is 0 Å². The van der Waals surface area contributed by atoms with Crippen molar-refractivity contribution in [2.24, 2.45) is 11.8 Å². The summed E-state index contributed by atoms with van der Waals surface area (Å²) in [6, 6.07) is 0. The van der Waals surface area contributed by atoms with Gasteiger partial charge in [-0.1, -0.05) is 13.8 Å². The van der Waals surface area contributed by atoms with Crippen LogP contribution in [0.1, 0.15) is 46.0 Å². The lowest BCUT2D eigenvalue weighted by atomic mass is 9.87. The van der Waals surface area contributed by atoms with Gasteiger partial charge in [0.1, 0.15) is 0 Å². The van der Waals surface area contributed by atoms with Crippen LogP contribution in [0.3, 0.4) is 0 Å². The molecule has 0 aromatic heterocycles. The summed E-state index contributed by atoms with van der Waals surface area (Å²) in [7, 11) is 0. The zero-order valence-corrected chi connectivity index (χ0v) is 20.4. The van der Waals surface area contributed by atoms with Crippen LogP contribution >= 0.6 is 88.4 Å². The van der Waals surface area contributed by atoms with Crippen molar-refractivity contribution in [3.8, 4) is 0 Å². The molecule has 7 unspecified atom stereocenters. The Morgan fingerprint density at radius 3 is 1.61 bits per heavy atom. The van der Waals surface area contributed by atoms with Crippen molar-refractivity contribution in [1.29, 1.82) is 0 Å². The van der Waals surface area contributed by atoms with Crippen LogP contribution < -0.4 is 0 Å². The van der Waals surface area contributed by atoms with E-state index in [-0.39, 0.29) is 0 Å². The van der Waals surface area contributed by atoms with Crippen LogP contribution in [0.15, 0.2) is 0 Å². The van der Waals surface area contributed by atoms with E-state index in [4.69, 9.17) is 25.3 Å². The van der Waals surface area contributed by atoms with E-state index in [2.05, 4.69) is 77.0 Å². The van der Waals surface area contributed by atoms with Crippen LogP contribution in [0.2, 0.25) is 0 Å². The first-order valence-corrected chi connectivity index (χ1v) is 12.2. The summed E-state index contributed by atoms with van der Waals surface area (Å²) in [5, 5.41) is 1.76. The van der Waals surface area contributed by atoms with E-state index >= 15 is 0 Å². The van der Waals surface area contributed by atoms with Gasteiger partial charge in [0, 0.05) is 26.2 Å². The first-order valence-electron chi connectivity index (χ1n) is 8.34. The molecule has 23 heavy (non-hydrogen) atoms. The molecule has 7 atom stereocenters. The summed E-state index contributed by atoms with van der Waals surface area (Å²) in [4.78, 5) is 0. The maximum atomic E-state index is 4.87. The smallest absolute Gasteiger partial charge is 0.00635 e. The molecule has 140 valence electrons. The number of thiol groups is 7. The van der Waals surface area contributed by atoms with Crippen molar-refractivity contribution >= 4 is 88.4 Å². The van der Waals surface area contributed by atoms with Gasteiger partial charge in [-0.3, -0.25) is 0 Å². The molecular weight excluding hydrogens is 417 g/mol. The monoisotopic (exact) mass is 450 g/mol. The first kappa shape index (κ1) is 25.4. The van der Waals surface area contributed by atoms with E-state index in [1.165, 1.54) is 0 Å². The zero-order chi connectivity index (χ0) is 18.0. The number of rotatable bonds is 13. The molecule has 0 bridgehead atoms. The van der Waals surface area contributed by atoms with E-state index in [0.717, 1.165) is 43.6 Å². The molecule has 0 saturated carbocycles. The van der Waals surface area contributed by atoms with Crippen molar-refractivity contribution in [3.63, 3.8) is 0 Å². The summed E-state index contributed by atoms with van der Waals surface area (Å²) in [5.41, 5.74) is 0. The van der Waals surface area contributed by atoms with Gasteiger partial charge in [-0.05, 0) is 55.4 Å². The second-order valence-corrected chi connectivity index (χ2v) is 11.2. The maximum absolute atomic E-state index is 4.87. The summed E-state index contributed by atoms with van der Waals surface area (Å²) >= 11 is 32.3. The Hall–Kier alpha value is 2.45. The van der Waals surface area contributed by atoms with E-state index < -0.39 is 0 Å². The van der Waals surface area contributed by atoms with Gasteiger partial charge in [0.05, 0.1) is 0 Å². The standard InChI is InChI=1S/C16H34S7/c1-10(19)12(7-13(21)3-5-17)8-14(22)9-15(11(2)20)16(23)4-6-18/h10-23H,3-9H2,1-2H3. The van der Waals surface area contributed by atoms with Gasteiger partial charge in [0.15, 0.2) is 0 Å². The van der Waals surface area contributed by atoms with Crippen molar-refractivity contribution in [1.82, 2.24) is 0 Å². The predicted octanol–water partition coefficient (Wildman–Crippen LogP) is 5.56. The highest BCUT2D eigenvalue weighted by molar-refractivity contribution is 7.82. The molecule has 0 aliphatic heterocycles. The minimum atomic E-state index is 0.320. The minimum Gasteiger partial charge on any atom is -0.179 e. The molecule has 7 heteroatoms. The molecule has 0 spiro atoms. The van der Waals surface area contributed by atoms with E-state index in [9.17, 15) is 0 Å². The normalized spacial score (nSPS) is 21.3. The third-order valence-corrected chi connectivity index (χ3v) is 7.23. The average molecular weight is 451 g/mol. The largest absolute Gasteiger partial charge is 0.179 e. The van der Waals surface area contributed by atoms with Gasteiger partial charge < -0.3 is 0 Å². The highest BCUT2D eigenvalue weighted by atomic mass is 32.1. The highest BCUT2D eigenvalue weighted by Crippen LogP contribution is 2.33. The Bertz CT molecular complexity index is 286. The fourth-order valence-corrected chi connectivity index (χ4v) is 6.02. The van der Waals surface area contributed by atoms with Gasteiger partial charge >= 0.3 is 0 Å². The number of hydrogen-bond acceptors (Lipinski definition) is 7. The molecule has 0 nitrogen and oxygen atoms in total. The Balaban J connectivity index is 4.61. The summed E-state index contributed by atoms with van der Waals surface area (Å²) in [6.07, 6.45) is 5.23. The Morgan fingerprint density at radius 1 is 0.652 bits per heavy atom. The fraction of sp³-hybridized carbons (Fsp3) is 1.00. The first-order chi connectivity index (χ1) is 10.7. The third-order valence-electron chi connectivity index (χ3n) is 4.38. The van der Waals surface area contributed by atoms with E-state index in [1.807, 2.05) is 0 Å². The molecular formula is C16H34S7. The van der Waals surface area contributed by atoms with Crippen molar-refractivity contribution < 1.29 is 0 Å². The lowest BCUT2D eigenvalue weighted by Gasteiger charge is -2.31. The van der Waals surface area contributed by atoms with Crippen LogP contribution in [0.4, 0.5) is 0 Å². The maximum Gasteiger partial charge on any atom is 0.00635 e. The van der Waals surface area contributed by atoms with Gasteiger partial charge in [-0.15, -0.1) is 0 Å². The van der Waals surface area contributed by atoms with Crippen LogP contribution in [0.25, 0.3) is 0 Å². The molecule has 0 saturated heterocycles. The van der Waals surface area contributed by atoms with Gasteiger partial charge in [0.25, 0.3) is 0 Å². The molecule has 0 rings (SSSR count). The number of hydrogen-bond donors (Lipinski definition) is 7. The van der Waals surface area contributed by atoms with Crippen LogP contribution in [0, 0.1) is 11.8 Å². The Labute approximate surface area is 182 Å². The lowest BCUT2D eigenvalue weighted by molar-refractivity contribution is 0.386. The van der Waals surface area contributed by atoms with Crippen molar-refractivity contribution in [3.05, 3.63) is 0 Å². The van der Waals surface area contributed by atoms with Gasteiger partial charge in [-0.25, -0.2) is 0 Å². The van der Waals surface area contributed by atoms with Crippen molar-refractivity contribution in [2.45, 2.75) is 72.2 Å². The summed E-state index contributed by atoms with van der Waals surface area (Å²) in [5.74, 6) is 2.74. The molecule has 0 heterocycles. The van der Waals surface area contributed by atoms with Crippen LogP contribution in [-0.4, -0.2) is 37.8 Å². The minimum absolute atomic E-state index is 0.320. The molecule has 0 amide bonds. The fourth-order valence-electron chi connectivity index (χ4n) is 2.89. The van der Waals surface area contributed by atoms with Crippen molar-refractivity contribution in [2.75, 3.05) is 11.5 Å². The quantitative estimate of drug-likeness (QED) is 0.176. The molecule has 0 aromatic carbocycles.